The van der Waals surface area contributed by atoms with Crippen LogP contribution < -0.4 is 16.0 Å². The first-order chi connectivity index (χ1) is 31.8. The molecule has 0 spiro atoms. The van der Waals surface area contributed by atoms with Gasteiger partial charge in [0.05, 0.1) is 37.4 Å². The SMILES string of the molecule is COC(=O)CCC(C)C1CCC2C3C(O)CC4CC(NC(=O)CCC(=O)Nc5ccc(C(Nc6ccccn6)C(c6ccccn6)C(O)c6ccccc6)cc5)CC[C@]4(C)C3C[C@H](O)[C@]12C. The molecule has 2 amide bonds. The molecular formula is C54H69N5O7. The van der Waals surface area contributed by atoms with E-state index in [-0.39, 0.29) is 83.0 Å². The van der Waals surface area contributed by atoms with Crippen LogP contribution in [0.1, 0.15) is 126 Å². The number of aliphatic hydroxyl groups excluding tert-OH is 3. The van der Waals surface area contributed by atoms with Crippen molar-refractivity contribution in [1.29, 1.82) is 0 Å². The van der Waals surface area contributed by atoms with Gasteiger partial charge in [0.2, 0.25) is 11.8 Å². The summed E-state index contributed by atoms with van der Waals surface area (Å²) in [6.45, 7) is 6.81. The summed E-state index contributed by atoms with van der Waals surface area (Å²) in [5.74, 6) is 0.820. The zero-order chi connectivity index (χ0) is 46.6. The van der Waals surface area contributed by atoms with Gasteiger partial charge in [-0.2, -0.15) is 0 Å². The van der Waals surface area contributed by atoms with E-state index in [1.165, 1.54) is 7.11 Å². The van der Waals surface area contributed by atoms with E-state index in [0.717, 1.165) is 49.7 Å². The third-order valence-corrected chi connectivity index (χ3v) is 16.9. The van der Waals surface area contributed by atoms with E-state index in [1.807, 2.05) is 91.0 Å². The van der Waals surface area contributed by atoms with Crippen molar-refractivity contribution >= 4 is 29.3 Å². The monoisotopic (exact) mass is 900 g/mol. The number of benzene rings is 2. The first-order valence-electron chi connectivity index (χ1n) is 24.2. The van der Waals surface area contributed by atoms with Crippen molar-refractivity contribution in [2.45, 2.75) is 128 Å². The number of carbonyl (C=O) groups excluding carboxylic acids is 3. The molecule has 2 aromatic carbocycles. The quantitative estimate of drug-likeness (QED) is 0.0596. The number of nitrogens with one attached hydrogen (secondary N) is 3. The van der Waals surface area contributed by atoms with Crippen LogP contribution in [0.5, 0.6) is 0 Å². The minimum absolute atomic E-state index is 0.0269. The number of hydrogen-bond donors (Lipinski definition) is 6. The predicted octanol–water partition coefficient (Wildman–Crippen LogP) is 8.54. The highest BCUT2D eigenvalue weighted by Crippen LogP contribution is 2.68. The van der Waals surface area contributed by atoms with E-state index in [9.17, 15) is 29.7 Å². The van der Waals surface area contributed by atoms with Gasteiger partial charge in [0, 0.05) is 49.1 Å². The molecule has 0 radical (unpaired) electrons. The molecule has 2 heterocycles. The molecule has 0 aliphatic heterocycles. The lowest BCUT2D eigenvalue weighted by Gasteiger charge is -2.63. The molecule has 4 aromatic rings. The molecule has 352 valence electrons. The maximum absolute atomic E-state index is 13.4. The van der Waals surface area contributed by atoms with Crippen molar-refractivity contribution in [3.8, 4) is 0 Å². The number of rotatable bonds is 16. The van der Waals surface area contributed by atoms with Crippen LogP contribution in [0.4, 0.5) is 11.5 Å². The molecule has 4 saturated carbocycles. The Kier molecular flexibility index (Phi) is 14.6. The lowest BCUT2D eigenvalue weighted by atomic mass is 9.43. The molecule has 6 N–H and O–H groups in total. The number of hydrogen-bond acceptors (Lipinski definition) is 10. The molecule has 12 heteroatoms. The first-order valence-corrected chi connectivity index (χ1v) is 24.2. The Morgan fingerprint density at radius 1 is 0.788 bits per heavy atom. The molecule has 0 bridgehead atoms. The molecule has 4 aliphatic carbocycles. The van der Waals surface area contributed by atoms with Crippen LogP contribution in [0.2, 0.25) is 0 Å². The van der Waals surface area contributed by atoms with E-state index < -0.39 is 30.3 Å². The number of nitrogens with zero attached hydrogens (tertiary/aromatic N) is 2. The van der Waals surface area contributed by atoms with Crippen molar-refractivity contribution in [2.24, 2.45) is 46.3 Å². The summed E-state index contributed by atoms with van der Waals surface area (Å²) >= 11 is 0. The van der Waals surface area contributed by atoms with Crippen molar-refractivity contribution in [2.75, 3.05) is 17.7 Å². The molecule has 4 aliphatic rings. The van der Waals surface area contributed by atoms with Crippen molar-refractivity contribution in [1.82, 2.24) is 15.3 Å². The van der Waals surface area contributed by atoms with Crippen LogP contribution in [-0.4, -0.2) is 68.4 Å². The second kappa shape index (κ2) is 20.4. The van der Waals surface area contributed by atoms with Gasteiger partial charge in [-0.3, -0.25) is 19.4 Å². The number of anilines is 2. The van der Waals surface area contributed by atoms with Gasteiger partial charge in [-0.1, -0.05) is 75.4 Å². The fourth-order valence-electron chi connectivity index (χ4n) is 13.4. The van der Waals surface area contributed by atoms with Crippen LogP contribution >= 0.6 is 0 Å². The minimum Gasteiger partial charge on any atom is -0.469 e. The highest BCUT2D eigenvalue weighted by molar-refractivity contribution is 5.93. The average molecular weight is 900 g/mol. The van der Waals surface area contributed by atoms with Gasteiger partial charge in [0.15, 0.2) is 0 Å². The van der Waals surface area contributed by atoms with Crippen molar-refractivity contribution in [3.63, 3.8) is 0 Å². The van der Waals surface area contributed by atoms with Crippen LogP contribution in [0.15, 0.2) is 103 Å². The maximum Gasteiger partial charge on any atom is 0.305 e. The zero-order valence-corrected chi connectivity index (χ0v) is 38.9. The highest BCUT2D eigenvalue weighted by Gasteiger charge is 2.65. The number of methoxy groups -OCH3 is 1. The second-order valence-electron chi connectivity index (χ2n) is 20.4. The van der Waals surface area contributed by atoms with Gasteiger partial charge in [-0.05, 0) is 145 Å². The van der Waals surface area contributed by atoms with Gasteiger partial charge in [0.1, 0.15) is 5.82 Å². The second-order valence-corrected chi connectivity index (χ2v) is 20.4. The molecule has 0 saturated heterocycles. The summed E-state index contributed by atoms with van der Waals surface area (Å²) in [5, 5.41) is 45.6. The smallest absolute Gasteiger partial charge is 0.305 e. The number of pyridine rings is 2. The lowest BCUT2D eigenvalue weighted by molar-refractivity contribution is -0.202. The Morgan fingerprint density at radius 2 is 1.50 bits per heavy atom. The molecule has 12 nitrogen and oxygen atoms in total. The molecule has 2 aromatic heterocycles. The van der Waals surface area contributed by atoms with E-state index in [1.54, 1.807) is 12.4 Å². The number of carbonyl (C=O) groups is 3. The molecular weight excluding hydrogens is 831 g/mol. The van der Waals surface area contributed by atoms with Crippen molar-refractivity contribution in [3.05, 3.63) is 120 Å². The van der Waals surface area contributed by atoms with Gasteiger partial charge in [-0.25, -0.2) is 4.98 Å². The van der Waals surface area contributed by atoms with Gasteiger partial charge >= 0.3 is 5.97 Å². The first kappa shape index (κ1) is 47.3. The maximum atomic E-state index is 13.4. The highest BCUT2D eigenvalue weighted by atomic mass is 16.5. The summed E-state index contributed by atoms with van der Waals surface area (Å²) in [6, 6.07) is 27.8. The number of esters is 1. The van der Waals surface area contributed by atoms with E-state index in [4.69, 9.17) is 4.74 Å². The van der Waals surface area contributed by atoms with E-state index >= 15 is 0 Å². The Balaban J connectivity index is 0.866. The Bertz CT molecular complexity index is 2250. The Labute approximate surface area is 389 Å². The summed E-state index contributed by atoms with van der Waals surface area (Å²) in [5.41, 5.74) is 2.56. The number of fused-ring (bicyclic) bond motifs is 5. The molecule has 66 heavy (non-hydrogen) atoms. The third-order valence-electron chi connectivity index (χ3n) is 16.9. The molecule has 11 unspecified atom stereocenters. The van der Waals surface area contributed by atoms with Gasteiger partial charge in [-0.15, -0.1) is 0 Å². The number of aromatic nitrogens is 2. The average Bonchev–Trinajstić information content (AvgIpc) is 3.70. The van der Waals surface area contributed by atoms with Gasteiger partial charge < -0.3 is 36.0 Å². The van der Waals surface area contributed by atoms with E-state index in [2.05, 4.69) is 46.7 Å². The van der Waals surface area contributed by atoms with Crippen molar-refractivity contribution < 1.29 is 34.4 Å². The number of amides is 2. The minimum atomic E-state index is -0.905. The molecule has 4 fully saturated rings. The third kappa shape index (κ3) is 9.78. The largest absolute Gasteiger partial charge is 0.469 e. The summed E-state index contributed by atoms with van der Waals surface area (Å²) in [7, 11) is 1.43. The fraction of sp³-hybridized carbons (Fsp3) is 0.537. The predicted molar refractivity (Wildman–Crippen MR) is 254 cm³/mol. The summed E-state index contributed by atoms with van der Waals surface area (Å²) in [6.07, 6.45) is 8.62. The van der Waals surface area contributed by atoms with Crippen LogP contribution in [0, 0.1) is 46.3 Å². The summed E-state index contributed by atoms with van der Waals surface area (Å²) in [4.78, 5) is 47.8. The van der Waals surface area contributed by atoms with Crippen LogP contribution in [-0.2, 0) is 19.1 Å². The lowest BCUT2D eigenvalue weighted by Crippen LogP contribution is -2.63. The summed E-state index contributed by atoms with van der Waals surface area (Å²) < 4.78 is 4.91. The van der Waals surface area contributed by atoms with Crippen LogP contribution in [0.3, 0.4) is 0 Å². The topological polar surface area (TPSA) is 183 Å². The van der Waals surface area contributed by atoms with Gasteiger partial charge in [0.25, 0.3) is 0 Å². The zero-order valence-electron chi connectivity index (χ0n) is 38.9. The number of ether oxygens (including phenoxy) is 1. The van der Waals surface area contributed by atoms with E-state index in [0.29, 0.717) is 36.5 Å². The molecule has 8 rings (SSSR count). The Hall–Kier alpha value is -5.17. The normalized spacial score (nSPS) is 30.8. The Morgan fingerprint density at radius 3 is 2.20 bits per heavy atom. The molecule has 14 atom stereocenters. The fourth-order valence-corrected chi connectivity index (χ4v) is 13.4. The van der Waals surface area contributed by atoms with Crippen LogP contribution in [0.25, 0.3) is 0 Å². The number of aliphatic hydroxyl groups is 3. The standard InChI is InChI=1S/C54H69N5O7/c1-33(16-25-48(64)66-4)39-21-22-40-49-41(32-44(61)54(39,40)3)53(2)27-26-38(30-36(53)31-43(49)60)58-47(63)24-23-46(62)57-37-19-17-34(18-20-37)51(59-45-15-9-11-29-56-45)50(42-14-8-10-28-55-42)52(65)35-12-6-5-7-13-35/h5-15,17-20,28-29,33,36,38-41,43-44,49-52,60-61,65H,16,21-27,30-32H2,1-4H3,(H,56,59)(H,57,62)(H,58,63)/t33?,36?,38?,39?,40?,41?,43?,44-,49?,50?,51?,52?,53-,54+/m0/s1.